The van der Waals surface area contributed by atoms with E-state index in [-0.39, 0.29) is 15.0 Å². The molecular formula is C12H8BrF3N2O2S. The van der Waals surface area contributed by atoms with Crippen LogP contribution in [0.2, 0.25) is 0 Å². The number of rotatable bonds is 3. The van der Waals surface area contributed by atoms with Gasteiger partial charge in [0.2, 0.25) is 0 Å². The second-order valence-electron chi connectivity index (χ2n) is 3.84. The number of anilines is 2. The summed E-state index contributed by atoms with van der Waals surface area (Å²) in [4.78, 5) is 15.4. The number of benzene rings is 1. The summed E-state index contributed by atoms with van der Waals surface area (Å²) in [5, 5.41) is 3.02. The zero-order chi connectivity index (χ0) is 15.6. The first-order valence-corrected chi connectivity index (χ1v) is 7.10. The lowest BCUT2D eigenvalue weighted by molar-refractivity contribution is -0.138. The molecule has 112 valence electrons. The van der Waals surface area contributed by atoms with E-state index in [2.05, 4.69) is 31.0 Å². The lowest BCUT2D eigenvalue weighted by Crippen LogP contribution is -2.06. The summed E-state index contributed by atoms with van der Waals surface area (Å²) in [7, 11) is 1.24. The molecule has 0 spiro atoms. The van der Waals surface area contributed by atoms with Gasteiger partial charge in [0.25, 0.3) is 0 Å². The molecule has 0 bridgehead atoms. The topological polar surface area (TPSA) is 51.2 Å². The summed E-state index contributed by atoms with van der Waals surface area (Å²) in [6.45, 7) is 0. The number of methoxy groups -OCH3 is 1. The Balaban J connectivity index is 2.24. The highest BCUT2D eigenvalue weighted by atomic mass is 79.9. The van der Waals surface area contributed by atoms with Crippen LogP contribution in [0.15, 0.2) is 28.9 Å². The van der Waals surface area contributed by atoms with E-state index in [0.29, 0.717) is 5.13 Å². The molecule has 1 heterocycles. The Labute approximate surface area is 130 Å². The van der Waals surface area contributed by atoms with Crippen molar-refractivity contribution in [2.24, 2.45) is 0 Å². The summed E-state index contributed by atoms with van der Waals surface area (Å²) in [6.07, 6.45) is -3.17. The van der Waals surface area contributed by atoms with E-state index in [9.17, 15) is 18.0 Å². The number of halogens is 4. The van der Waals surface area contributed by atoms with Gasteiger partial charge in [-0.15, -0.1) is 0 Å². The number of hydrogen-bond acceptors (Lipinski definition) is 5. The van der Waals surface area contributed by atoms with Crippen LogP contribution < -0.4 is 5.32 Å². The van der Waals surface area contributed by atoms with Crippen molar-refractivity contribution in [2.75, 3.05) is 12.4 Å². The molecule has 0 unspecified atom stereocenters. The summed E-state index contributed by atoms with van der Waals surface area (Å²) in [5.41, 5.74) is -0.575. The quantitative estimate of drug-likeness (QED) is 0.798. The first kappa shape index (κ1) is 15.8. The van der Waals surface area contributed by atoms with Gasteiger partial charge in [0, 0.05) is 10.2 Å². The Hall–Kier alpha value is -1.61. The molecular weight excluding hydrogens is 373 g/mol. The molecule has 0 radical (unpaired) electrons. The molecule has 0 saturated heterocycles. The van der Waals surface area contributed by atoms with E-state index < -0.39 is 17.7 Å². The SMILES string of the molecule is COC(=O)c1cnc(Nc2ccc(Br)c(C(F)(F)F)c2)s1. The minimum atomic E-state index is -4.46. The van der Waals surface area contributed by atoms with E-state index in [0.717, 1.165) is 17.4 Å². The van der Waals surface area contributed by atoms with Crippen molar-refractivity contribution in [1.29, 1.82) is 0 Å². The van der Waals surface area contributed by atoms with Crippen molar-refractivity contribution in [3.8, 4) is 0 Å². The minimum absolute atomic E-state index is 0.0464. The van der Waals surface area contributed by atoms with Crippen molar-refractivity contribution < 1.29 is 22.7 Å². The number of carbonyl (C=O) groups excluding carboxylic acids is 1. The molecule has 9 heteroatoms. The molecule has 0 amide bonds. The summed E-state index contributed by atoms with van der Waals surface area (Å²) >= 11 is 3.85. The molecule has 1 N–H and O–H groups in total. The summed E-state index contributed by atoms with van der Waals surface area (Å²) < 4.78 is 42.9. The summed E-state index contributed by atoms with van der Waals surface area (Å²) in [5.74, 6) is -0.549. The molecule has 0 aliphatic heterocycles. The number of alkyl halides is 3. The first-order chi connectivity index (χ1) is 9.81. The number of carbonyl (C=O) groups is 1. The van der Waals surface area contributed by atoms with Crippen molar-refractivity contribution in [2.45, 2.75) is 6.18 Å². The van der Waals surface area contributed by atoms with Gasteiger partial charge >= 0.3 is 12.1 Å². The summed E-state index contributed by atoms with van der Waals surface area (Å²) in [6, 6.07) is 3.72. The minimum Gasteiger partial charge on any atom is -0.465 e. The zero-order valence-electron chi connectivity index (χ0n) is 10.5. The molecule has 0 atom stereocenters. The highest BCUT2D eigenvalue weighted by Crippen LogP contribution is 2.37. The molecule has 0 fully saturated rings. The predicted molar refractivity (Wildman–Crippen MR) is 75.9 cm³/mol. The van der Waals surface area contributed by atoms with Crippen molar-refractivity contribution in [3.63, 3.8) is 0 Å². The third kappa shape index (κ3) is 3.73. The molecule has 21 heavy (non-hydrogen) atoms. The Morgan fingerprint density at radius 3 is 2.76 bits per heavy atom. The fraction of sp³-hybridized carbons (Fsp3) is 0.167. The lowest BCUT2D eigenvalue weighted by atomic mass is 10.2. The number of nitrogens with zero attached hydrogens (tertiary/aromatic N) is 1. The molecule has 4 nitrogen and oxygen atoms in total. The van der Waals surface area contributed by atoms with Crippen molar-refractivity contribution >= 4 is 44.1 Å². The lowest BCUT2D eigenvalue weighted by Gasteiger charge is -2.11. The normalized spacial score (nSPS) is 11.3. The van der Waals surface area contributed by atoms with Gasteiger partial charge < -0.3 is 10.1 Å². The smallest absolute Gasteiger partial charge is 0.417 e. The number of nitrogens with one attached hydrogen (secondary N) is 1. The van der Waals surface area contributed by atoms with Gasteiger partial charge in [0.1, 0.15) is 4.88 Å². The number of esters is 1. The number of thiazole rings is 1. The van der Waals surface area contributed by atoms with Crippen LogP contribution in [0.5, 0.6) is 0 Å². The standard InChI is InChI=1S/C12H8BrF3N2O2S/c1-20-10(19)9-5-17-11(21-9)18-6-2-3-8(13)7(4-6)12(14,15)16/h2-5H,1H3,(H,17,18). The van der Waals surface area contributed by atoms with Gasteiger partial charge in [0.15, 0.2) is 5.13 Å². The average molecular weight is 381 g/mol. The number of aromatic nitrogens is 1. The van der Waals surface area contributed by atoms with Gasteiger partial charge in [-0.1, -0.05) is 27.3 Å². The number of hydrogen-bond donors (Lipinski definition) is 1. The maximum absolute atomic E-state index is 12.8. The van der Waals surface area contributed by atoms with Crippen molar-refractivity contribution in [3.05, 3.63) is 39.3 Å². The van der Waals surface area contributed by atoms with Crippen molar-refractivity contribution in [1.82, 2.24) is 4.98 Å². The third-order valence-corrected chi connectivity index (χ3v) is 4.00. The van der Waals surface area contributed by atoms with Crippen LogP contribution >= 0.6 is 27.3 Å². The predicted octanol–water partition coefficient (Wildman–Crippen LogP) is 4.45. The van der Waals surface area contributed by atoms with E-state index >= 15 is 0 Å². The molecule has 0 aliphatic carbocycles. The Morgan fingerprint density at radius 1 is 1.43 bits per heavy atom. The van der Waals surface area contributed by atoms with E-state index in [1.165, 1.54) is 25.4 Å². The van der Waals surface area contributed by atoms with Gasteiger partial charge in [-0.2, -0.15) is 13.2 Å². The number of ether oxygens (including phenoxy) is 1. The molecule has 1 aromatic heterocycles. The maximum Gasteiger partial charge on any atom is 0.417 e. The van der Waals surface area contributed by atoms with Crippen LogP contribution in [0.25, 0.3) is 0 Å². The largest absolute Gasteiger partial charge is 0.465 e. The van der Waals surface area contributed by atoms with Crippen LogP contribution in [0, 0.1) is 0 Å². The molecule has 0 saturated carbocycles. The van der Waals surface area contributed by atoms with Gasteiger partial charge in [-0.05, 0) is 18.2 Å². The van der Waals surface area contributed by atoms with E-state index in [4.69, 9.17) is 0 Å². The Kier molecular flexibility index (Phi) is 4.52. The second-order valence-corrected chi connectivity index (χ2v) is 5.72. The van der Waals surface area contributed by atoms with Gasteiger partial charge in [0.05, 0.1) is 18.9 Å². The third-order valence-electron chi connectivity index (χ3n) is 2.42. The fourth-order valence-corrected chi connectivity index (χ4v) is 2.70. The van der Waals surface area contributed by atoms with Crippen LogP contribution in [-0.2, 0) is 10.9 Å². The molecule has 2 rings (SSSR count). The monoisotopic (exact) mass is 380 g/mol. The van der Waals surface area contributed by atoms with Gasteiger partial charge in [-0.3, -0.25) is 0 Å². The highest BCUT2D eigenvalue weighted by molar-refractivity contribution is 9.10. The zero-order valence-corrected chi connectivity index (χ0v) is 12.9. The van der Waals surface area contributed by atoms with Crippen LogP contribution in [0.4, 0.5) is 24.0 Å². The van der Waals surface area contributed by atoms with Gasteiger partial charge in [-0.25, -0.2) is 9.78 Å². The Bertz CT molecular complexity index is 673. The Morgan fingerprint density at radius 2 is 2.14 bits per heavy atom. The van der Waals surface area contributed by atoms with E-state index in [1.54, 1.807) is 0 Å². The van der Waals surface area contributed by atoms with Crippen LogP contribution in [0.1, 0.15) is 15.2 Å². The molecule has 0 aliphatic rings. The molecule has 2 aromatic rings. The first-order valence-electron chi connectivity index (χ1n) is 5.49. The maximum atomic E-state index is 12.8. The average Bonchev–Trinajstić information content (AvgIpc) is 2.87. The van der Waals surface area contributed by atoms with Crippen LogP contribution in [0.3, 0.4) is 0 Å². The van der Waals surface area contributed by atoms with Crippen LogP contribution in [-0.4, -0.2) is 18.1 Å². The fourth-order valence-electron chi connectivity index (χ4n) is 1.47. The highest BCUT2D eigenvalue weighted by Gasteiger charge is 2.33. The molecule has 1 aromatic carbocycles. The van der Waals surface area contributed by atoms with E-state index in [1.807, 2.05) is 0 Å². The second kappa shape index (κ2) is 6.02.